The number of amides is 1. The van der Waals surface area contributed by atoms with Crippen LogP contribution in [0.1, 0.15) is 23.7 Å². The molecule has 1 saturated heterocycles. The minimum atomic E-state index is -0.257. The summed E-state index contributed by atoms with van der Waals surface area (Å²) in [5.41, 5.74) is 2.75. The predicted octanol–water partition coefficient (Wildman–Crippen LogP) is 2.63. The molecule has 3 rings (SSSR count). The smallest absolute Gasteiger partial charge is 0.237 e. The van der Waals surface area contributed by atoms with Crippen LogP contribution in [0.3, 0.4) is 0 Å². The summed E-state index contributed by atoms with van der Waals surface area (Å²) in [6, 6.07) is 10.7. The standard InChI is InChI=1S/C19H22FN3O/c1-2-15-7-8-17(21-11-15)13-22-9-10-23(19(24)14-22)12-16-5-3-4-6-18(16)20/h3-8,11H,2,9-10,12-14H2,1H3. The summed E-state index contributed by atoms with van der Waals surface area (Å²) < 4.78 is 13.7. The number of hydrogen-bond donors (Lipinski definition) is 0. The van der Waals surface area contributed by atoms with Crippen molar-refractivity contribution < 1.29 is 9.18 Å². The molecule has 0 aliphatic carbocycles. The average molecular weight is 327 g/mol. The number of benzene rings is 1. The zero-order chi connectivity index (χ0) is 16.9. The van der Waals surface area contributed by atoms with E-state index in [9.17, 15) is 9.18 Å². The molecule has 1 aromatic carbocycles. The number of nitrogens with zero attached hydrogens (tertiary/aromatic N) is 3. The lowest BCUT2D eigenvalue weighted by Crippen LogP contribution is -2.49. The highest BCUT2D eigenvalue weighted by atomic mass is 19.1. The van der Waals surface area contributed by atoms with Gasteiger partial charge in [0.1, 0.15) is 5.82 Å². The van der Waals surface area contributed by atoms with Gasteiger partial charge < -0.3 is 4.90 Å². The molecule has 0 radical (unpaired) electrons. The molecule has 2 heterocycles. The lowest BCUT2D eigenvalue weighted by Gasteiger charge is -2.34. The van der Waals surface area contributed by atoms with Crippen molar-refractivity contribution in [3.8, 4) is 0 Å². The van der Waals surface area contributed by atoms with E-state index in [1.54, 1.807) is 23.1 Å². The van der Waals surface area contributed by atoms with Crippen molar-refractivity contribution in [3.05, 3.63) is 65.2 Å². The van der Waals surface area contributed by atoms with Gasteiger partial charge in [0.25, 0.3) is 0 Å². The molecule has 0 N–H and O–H groups in total. The fourth-order valence-corrected chi connectivity index (χ4v) is 2.88. The number of piperazine rings is 1. The Balaban J connectivity index is 1.56. The van der Waals surface area contributed by atoms with Crippen LogP contribution in [0.2, 0.25) is 0 Å². The molecule has 1 aliphatic heterocycles. The first kappa shape index (κ1) is 16.6. The lowest BCUT2D eigenvalue weighted by atomic mass is 10.1. The number of carbonyl (C=O) groups is 1. The largest absolute Gasteiger partial charge is 0.336 e. The van der Waals surface area contributed by atoms with E-state index in [0.717, 1.165) is 18.7 Å². The summed E-state index contributed by atoms with van der Waals surface area (Å²) in [6.45, 7) is 4.85. The van der Waals surface area contributed by atoms with Gasteiger partial charge in [0.15, 0.2) is 0 Å². The molecular formula is C19H22FN3O. The molecule has 2 aromatic rings. The Hall–Kier alpha value is -2.27. The zero-order valence-electron chi connectivity index (χ0n) is 13.9. The Bertz CT molecular complexity index is 702. The van der Waals surface area contributed by atoms with Crippen molar-refractivity contribution in [1.29, 1.82) is 0 Å². The maximum Gasteiger partial charge on any atom is 0.237 e. The van der Waals surface area contributed by atoms with E-state index in [4.69, 9.17) is 0 Å². The first-order chi connectivity index (χ1) is 11.7. The summed E-state index contributed by atoms with van der Waals surface area (Å²) in [5.74, 6) is -0.220. The van der Waals surface area contributed by atoms with Gasteiger partial charge in [-0.25, -0.2) is 4.39 Å². The van der Waals surface area contributed by atoms with E-state index in [0.29, 0.717) is 31.7 Å². The highest BCUT2D eigenvalue weighted by Gasteiger charge is 2.24. The first-order valence-electron chi connectivity index (χ1n) is 8.33. The molecule has 0 saturated carbocycles. The Kier molecular flexibility index (Phi) is 5.20. The summed E-state index contributed by atoms with van der Waals surface area (Å²) in [7, 11) is 0. The first-order valence-corrected chi connectivity index (χ1v) is 8.33. The van der Waals surface area contributed by atoms with Crippen molar-refractivity contribution in [2.45, 2.75) is 26.4 Å². The second kappa shape index (κ2) is 7.53. The van der Waals surface area contributed by atoms with E-state index in [1.807, 2.05) is 12.3 Å². The third-order valence-electron chi connectivity index (χ3n) is 4.40. The normalized spacial score (nSPS) is 15.8. The van der Waals surface area contributed by atoms with E-state index in [2.05, 4.69) is 22.9 Å². The van der Waals surface area contributed by atoms with Gasteiger partial charge in [0.05, 0.1) is 12.2 Å². The van der Waals surface area contributed by atoms with Crippen LogP contribution in [-0.2, 0) is 24.3 Å². The van der Waals surface area contributed by atoms with Crippen LogP contribution in [0, 0.1) is 5.82 Å². The highest BCUT2D eigenvalue weighted by Crippen LogP contribution is 2.14. The topological polar surface area (TPSA) is 36.4 Å². The maximum atomic E-state index is 13.7. The molecule has 4 nitrogen and oxygen atoms in total. The Labute approximate surface area is 141 Å². The maximum absolute atomic E-state index is 13.7. The second-order valence-electron chi connectivity index (χ2n) is 6.13. The molecule has 24 heavy (non-hydrogen) atoms. The van der Waals surface area contributed by atoms with Crippen molar-refractivity contribution >= 4 is 5.91 Å². The third-order valence-corrected chi connectivity index (χ3v) is 4.40. The van der Waals surface area contributed by atoms with Crippen molar-refractivity contribution in [1.82, 2.24) is 14.8 Å². The minimum absolute atomic E-state index is 0.0367. The molecule has 0 bridgehead atoms. The number of hydrogen-bond acceptors (Lipinski definition) is 3. The van der Waals surface area contributed by atoms with E-state index in [-0.39, 0.29) is 11.7 Å². The van der Waals surface area contributed by atoms with Gasteiger partial charge in [0, 0.05) is 37.9 Å². The van der Waals surface area contributed by atoms with Crippen LogP contribution in [0.4, 0.5) is 4.39 Å². The molecule has 1 amide bonds. The molecule has 1 aliphatic rings. The third kappa shape index (κ3) is 3.97. The zero-order valence-corrected chi connectivity index (χ0v) is 13.9. The SMILES string of the molecule is CCc1ccc(CN2CCN(Cc3ccccc3F)C(=O)C2)nc1. The van der Waals surface area contributed by atoms with Gasteiger partial charge in [-0.15, -0.1) is 0 Å². The summed E-state index contributed by atoms with van der Waals surface area (Å²) in [5, 5.41) is 0. The van der Waals surface area contributed by atoms with Crippen LogP contribution in [0.25, 0.3) is 0 Å². The quantitative estimate of drug-likeness (QED) is 0.847. The van der Waals surface area contributed by atoms with Crippen molar-refractivity contribution in [2.24, 2.45) is 0 Å². The molecule has 0 spiro atoms. The number of pyridine rings is 1. The molecular weight excluding hydrogens is 305 g/mol. The molecule has 0 atom stereocenters. The average Bonchev–Trinajstić information content (AvgIpc) is 2.60. The fraction of sp³-hybridized carbons (Fsp3) is 0.368. The van der Waals surface area contributed by atoms with Crippen LogP contribution >= 0.6 is 0 Å². The number of carbonyl (C=O) groups excluding carboxylic acids is 1. The van der Waals surface area contributed by atoms with Gasteiger partial charge in [-0.05, 0) is 24.1 Å². The number of aromatic nitrogens is 1. The van der Waals surface area contributed by atoms with E-state index < -0.39 is 0 Å². The second-order valence-corrected chi connectivity index (χ2v) is 6.13. The molecule has 1 fully saturated rings. The monoisotopic (exact) mass is 327 g/mol. The summed E-state index contributed by atoms with van der Waals surface area (Å²) in [4.78, 5) is 20.6. The van der Waals surface area contributed by atoms with Crippen molar-refractivity contribution in [3.63, 3.8) is 0 Å². The number of rotatable bonds is 5. The van der Waals surface area contributed by atoms with Gasteiger partial charge in [0.2, 0.25) is 5.91 Å². The summed E-state index contributed by atoms with van der Waals surface area (Å²) >= 11 is 0. The lowest BCUT2D eigenvalue weighted by molar-refractivity contribution is -0.136. The molecule has 5 heteroatoms. The minimum Gasteiger partial charge on any atom is -0.336 e. The van der Waals surface area contributed by atoms with Gasteiger partial charge in [-0.2, -0.15) is 0 Å². The van der Waals surface area contributed by atoms with Crippen molar-refractivity contribution in [2.75, 3.05) is 19.6 Å². The number of halogens is 1. The Morgan fingerprint density at radius 3 is 2.62 bits per heavy atom. The van der Waals surface area contributed by atoms with E-state index >= 15 is 0 Å². The van der Waals surface area contributed by atoms with Crippen LogP contribution < -0.4 is 0 Å². The van der Waals surface area contributed by atoms with Gasteiger partial charge >= 0.3 is 0 Å². The van der Waals surface area contributed by atoms with E-state index in [1.165, 1.54) is 11.6 Å². The van der Waals surface area contributed by atoms with Gasteiger partial charge in [-0.3, -0.25) is 14.7 Å². The predicted molar refractivity (Wildman–Crippen MR) is 90.7 cm³/mol. The number of aryl methyl sites for hydroxylation is 1. The Morgan fingerprint density at radius 2 is 1.96 bits per heavy atom. The Morgan fingerprint density at radius 1 is 1.12 bits per heavy atom. The molecule has 126 valence electrons. The fourth-order valence-electron chi connectivity index (χ4n) is 2.88. The van der Waals surface area contributed by atoms with Crippen LogP contribution in [0.15, 0.2) is 42.6 Å². The summed E-state index contributed by atoms with van der Waals surface area (Å²) in [6.07, 6.45) is 2.87. The molecule has 1 aromatic heterocycles. The van der Waals surface area contributed by atoms with Crippen LogP contribution in [0.5, 0.6) is 0 Å². The van der Waals surface area contributed by atoms with Crippen LogP contribution in [-0.4, -0.2) is 40.3 Å². The highest BCUT2D eigenvalue weighted by molar-refractivity contribution is 5.79. The molecule has 0 unspecified atom stereocenters. The van der Waals surface area contributed by atoms with Gasteiger partial charge in [-0.1, -0.05) is 31.2 Å².